The second-order valence-corrected chi connectivity index (χ2v) is 4.78. The number of halogens is 1. The Morgan fingerprint density at radius 2 is 2.19 bits per heavy atom. The first-order chi connectivity index (χ1) is 7.72. The Balaban J connectivity index is 2.26. The summed E-state index contributed by atoms with van der Waals surface area (Å²) in [5, 5.41) is 10.1. The Kier molecular flexibility index (Phi) is 3.41. The van der Waals surface area contributed by atoms with Crippen molar-refractivity contribution in [2.45, 2.75) is 31.6 Å². The summed E-state index contributed by atoms with van der Waals surface area (Å²) in [5.74, 6) is 0.723. The molecule has 0 aliphatic heterocycles. The fourth-order valence-electron chi connectivity index (χ4n) is 2.24. The molecule has 1 N–H and O–H groups in total. The van der Waals surface area contributed by atoms with E-state index in [1.165, 1.54) is 6.42 Å². The molecule has 0 aromatic heterocycles. The van der Waals surface area contributed by atoms with Crippen molar-refractivity contribution in [1.82, 2.24) is 0 Å². The van der Waals surface area contributed by atoms with E-state index in [-0.39, 0.29) is 12.0 Å². The maximum atomic E-state index is 9.48. The quantitative estimate of drug-likeness (QED) is 0.876. The van der Waals surface area contributed by atoms with E-state index in [2.05, 4.69) is 0 Å². The van der Waals surface area contributed by atoms with Crippen molar-refractivity contribution < 1.29 is 9.84 Å². The van der Waals surface area contributed by atoms with Gasteiger partial charge in [0.2, 0.25) is 0 Å². The van der Waals surface area contributed by atoms with E-state index in [1.54, 1.807) is 0 Å². The summed E-state index contributed by atoms with van der Waals surface area (Å²) in [7, 11) is 0. The number of hydrogen-bond donors (Lipinski definition) is 1. The first-order valence-corrected chi connectivity index (χ1v) is 6.13. The third kappa shape index (κ3) is 1.92. The average Bonchev–Trinajstić information content (AvgIpc) is 2.21. The lowest BCUT2D eigenvalue weighted by molar-refractivity contribution is 0.120. The van der Waals surface area contributed by atoms with Gasteiger partial charge in [0.15, 0.2) is 0 Å². The van der Waals surface area contributed by atoms with Crippen molar-refractivity contribution in [2.75, 3.05) is 13.2 Å². The number of aliphatic hydroxyl groups excluding tert-OH is 1. The van der Waals surface area contributed by atoms with Crippen molar-refractivity contribution in [3.8, 4) is 5.75 Å². The topological polar surface area (TPSA) is 29.5 Å². The lowest BCUT2D eigenvalue weighted by Gasteiger charge is -2.41. The number of benzene rings is 1. The monoisotopic (exact) mass is 240 g/mol. The molecule has 0 radical (unpaired) electrons. The van der Waals surface area contributed by atoms with Crippen LogP contribution in [0.4, 0.5) is 0 Å². The molecule has 1 aromatic rings. The summed E-state index contributed by atoms with van der Waals surface area (Å²) >= 11 is 6.15. The first-order valence-electron chi connectivity index (χ1n) is 5.75. The van der Waals surface area contributed by atoms with Gasteiger partial charge in [0.25, 0.3) is 0 Å². The Labute approximate surface area is 101 Å². The van der Waals surface area contributed by atoms with Crippen LogP contribution in [0.1, 0.15) is 31.7 Å². The Hall–Kier alpha value is -0.730. The van der Waals surface area contributed by atoms with Gasteiger partial charge in [-0.1, -0.05) is 24.1 Å². The molecule has 2 nitrogen and oxygen atoms in total. The van der Waals surface area contributed by atoms with Crippen LogP contribution in [0.15, 0.2) is 18.2 Å². The largest absolute Gasteiger partial charge is 0.492 e. The van der Waals surface area contributed by atoms with Crippen LogP contribution in [0, 0.1) is 0 Å². The summed E-state index contributed by atoms with van der Waals surface area (Å²) in [6.07, 6.45) is 3.28. The first kappa shape index (κ1) is 11.7. The smallest absolute Gasteiger partial charge is 0.137 e. The van der Waals surface area contributed by atoms with Crippen molar-refractivity contribution in [1.29, 1.82) is 0 Å². The molecule has 1 aromatic carbocycles. The fraction of sp³-hybridized carbons (Fsp3) is 0.538. The summed E-state index contributed by atoms with van der Waals surface area (Å²) in [5.41, 5.74) is 1.09. The zero-order chi connectivity index (χ0) is 11.6. The van der Waals surface area contributed by atoms with Gasteiger partial charge >= 0.3 is 0 Å². The van der Waals surface area contributed by atoms with Crippen molar-refractivity contribution in [3.63, 3.8) is 0 Å². The highest BCUT2D eigenvalue weighted by molar-refractivity contribution is 6.32. The Morgan fingerprint density at radius 3 is 2.62 bits per heavy atom. The van der Waals surface area contributed by atoms with Gasteiger partial charge < -0.3 is 9.84 Å². The number of rotatable bonds is 4. The normalized spacial score (nSPS) is 17.9. The highest BCUT2D eigenvalue weighted by atomic mass is 35.5. The molecule has 0 unspecified atom stereocenters. The maximum Gasteiger partial charge on any atom is 0.137 e. The lowest BCUT2D eigenvalue weighted by atomic mass is 9.65. The third-order valence-electron chi connectivity index (χ3n) is 3.46. The van der Waals surface area contributed by atoms with Crippen LogP contribution in [0.3, 0.4) is 0 Å². The SMILES string of the molecule is CCOc1ccc(C2(CO)CCC2)cc1Cl. The molecule has 1 aliphatic carbocycles. The van der Waals surface area contributed by atoms with Gasteiger partial charge in [0, 0.05) is 5.41 Å². The molecular weight excluding hydrogens is 224 g/mol. The molecule has 0 heterocycles. The third-order valence-corrected chi connectivity index (χ3v) is 3.75. The minimum Gasteiger partial charge on any atom is -0.492 e. The molecule has 0 saturated heterocycles. The van der Waals surface area contributed by atoms with Crippen LogP contribution in [0.25, 0.3) is 0 Å². The van der Waals surface area contributed by atoms with Crippen LogP contribution in [-0.2, 0) is 5.41 Å². The predicted octanol–water partition coefficient (Wildman–Crippen LogP) is 3.15. The highest BCUT2D eigenvalue weighted by Crippen LogP contribution is 2.44. The van der Waals surface area contributed by atoms with Gasteiger partial charge in [-0.05, 0) is 37.5 Å². The Bertz CT molecular complexity index is 367. The van der Waals surface area contributed by atoms with Gasteiger partial charge in [-0.15, -0.1) is 0 Å². The van der Waals surface area contributed by atoms with Crippen molar-refractivity contribution >= 4 is 11.6 Å². The van der Waals surface area contributed by atoms with Gasteiger partial charge in [-0.25, -0.2) is 0 Å². The molecule has 1 saturated carbocycles. The fourth-order valence-corrected chi connectivity index (χ4v) is 2.48. The van der Waals surface area contributed by atoms with Crippen LogP contribution < -0.4 is 4.74 Å². The Morgan fingerprint density at radius 1 is 1.44 bits per heavy atom. The van der Waals surface area contributed by atoms with Gasteiger partial charge in [-0.3, -0.25) is 0 Å². The minimum atomic E-state index is -0.0472. The van der Waals surface area contributed by atoms with E-state index in [0.29, 0.717) is 11.6 Å². The second-order valence-electron chi connectivity index (χ2n) is 4.37. The van der Waals surface area contributed by atoms with Gasteiger partial charge in [-0.2, -0.15) is 0 Å². The number of hydrogen-bond acceptors (Lipinski definition) is 2. The van der Waals surface area contributed by atoms with E-state index in [9.17, 15) is 5.11 Å². The lowest BCUT2D eigenvalue weighted by Crippen LogP contribution is -2.37. The predicted molar refractivity (Wildman–Crippen MR) is 65.2 cm³/mol. The molecule has 16 heavy (non-hydrogen) atoms. The van der Waals surface area contributed by atoms with E-state index < -0.39 is 0 Å². The minimum absolute atomic E-state index is 0.0472. The molecule has 3 heteroatoms. The zero-order valence-corrected chi connectivity index (χ0v) is 10.3. The average molecular weight is 241 g/mol. The zero-order valence-electron chi connectivity index (χ0n) is 9.50. The highest BCUT2D eigenvalue weighted by Gasteiger charge is 2.38. The second kappa shape index (κ2) is 4.64. The summed E-state index contributed by atoms with van der Waals surface area (Å²) < 4.78 is 5.40. The molecule has 0 atom stereocenters. The summed E-state index contributed by atoms with van der Waals surface area (Å²) in [4.78, 5) is 0. The van der Waals surface area contributed by atoms with Gasteiger partial charge in [0.1, 0.15) is 5.75 Å². The molecule has 0 amide bonds. The summed E-state index contributed by atoms with van der Waals surface area (Å²) in [6, 6.07) is 5.85. The van der Waals surface area contributed by atoms with E-state index in [0.717, 1.165) is 24.2 Å². The van der Waals surface area contributed by atoms with Crippen LogP contribution >= 0.6 is 11.6 Å². The van der Waals surface area contributed by atoms with E-state index in [4.69, 9.17) is 16.3 Å². The van der Waals surface area contributed by atoms with E-state index >= 15 is 0 Å². The molecule has 0 spiro atoms. The molecule has 2 rings (SSSR count). The maximum absolute atomic E-state index is 9.48. The van der Waals surface area contributed by atoms with Crippen molar-refractivity contribution in [3.05, 3.63) is 28.8 Å². The van der Waals surface area contributed by atoms with Crippen LogP contribution in [-0.4, -0.2) is 18.3 Å². The van der Waals surface area contributed by atoms with E-state index in [1.807, 2.05) is 25.1 Å². The van der Waals surface area contributed by atoms with Crippen LogP contribution in [0.2, 0.25) is 5.02 Å². The molecule has 88 valence electrons. The molecule has 1 aliphatic rings. The number of ether oxygens (including phenoxy) is 1. The van der Waals surface area contributed by atoms with Gasteiger partial charge in [0.05, 0.1) is 18.2 Å². The van der Waals surface area contributed by atoms with Crippen LogP contribution in [0.5, 0.6) is 5.75 Å². The van der Waals surface area contributed by atoms with Crippen molar-refractivity contribution in [2.24, 2.45) is 0 Å². The number of aliphatic hydroxyl groups is 1. The summed E-state index contributed by atoms with van der Waals surface area (Å²) in [6.45, 7) is 2.76. The molecule has 0 bridgehead atoms. The standard InChI is InChI=1S/C13H17ClO2/c1-2-16-12-5-4-10(8-11(12)14)13(9-15)6-3-7-13/h4-5,8,15H,2-3,6-7,9H2,1H3. The molecule has 1 fully saturated rings. The molecular formula is C13H17ClO2.